The van der Waals surface area contributed by atoms with Gasteiger partial charge in [-0.15, -0.1) is 6.42 Å². The van der Waals surface area contributed by atoms with Crippen molar-refractivity contribution >= 4 is 35.3 Å². The van der Waals surface area contributed by atoms with Crippen LogP contribution in [0.5, 0.6) is 5.75 Å². The van der Waals surface area contributed by atoms with Gasteiger partial charge in [-0.3, -0.25) is 9.59 Å². The van der Waals surface area contributed by atoms with Crippen molar-refractivity contribution in [2.45, 2.75) is 12.8 Å². The van der Waals surface area contributed by atoms with Crippen LogP contribution in [-0.4, -0.2) is 24.6 Å². The number of nitrogens with zero attached hydrogens (tertiary/aromatic N) is 1. The molecule has 0 aliphatic rings. The topological polar surface area (TPSA) is 79.8 Å². The van der Waals surface area contributed by atoms with E-state index in [1.54, 1.807) is 42.5 Å². The number of benzene rings is 2. The maximum atomic E-state index is 11.9. The third kappa shape index (κ3) is 6.84. The molecule has 0 fully saturated rings. The molecule has 2 aromatic rings. The van der Waals surface area contributed by atoms with Crippen LogP contribution in [0, 0.1) is 12.3 Å². The third-order valence-corrected chi connectivity index (χ3v) is 3.68. The lowest BCUT2D eigenvalue weighted by Crippen LogP contribution is -2.20. The smallest absolute Gasteiger partial charge is 0.240 e. The molecule has 0 spiro atoms. The fraction of sp³-hybridized carbons (Fsp3) is 0.150. The van der Waals surface area contributed by atoms with E-state index in [0.29, 0.717) is 22.0 Å². The van der Waals surface area contributed by atoms with Crippen LogP contribution in [0.15, 0.2) is 53.6 Å². The van der Waals surface area contributed by atoms with Crippen LogP contribution >= 0.6 is 11.6 Å². The van der Waals surface area contributed by atoms with Gasteiger partial charge in [-0.05, 0) is 24.3 Å². The van der Waals surface area contributed by atoms with Gasteiger partial charge in [0.25, 0.3) is 0 Å². The van der Waals surface area contributed by atoms with Crippen molar-refractivity contribution in [1.29, 1.82) is 0 Å². The molecule has 2 N–H and O–H groups in total. The van der Waals surface area contributed by atoms with Gasteiger partial charge in [-0.2, -0.15) is 5.10 Å². The maximum Gasteiger partial charge on any atom is 0.240 e. The van der Waals surface area contributed by atoms with Crippen LogP contribution in [0.25, 0.3) is 0 Å². The van der Waals surface area contributed by atoms with E-state index < -0.39 is 0 Å². The Balaban J connectivity index is 1.79. The Bertz CT molecular complexity index is 875. The minimum absolute atomic E-state index is 0.00838. The van der Waals surface area contributed by atoms with Crippen LogP contribution in [0.3, 0.4) is 0 Å². The third-order valence-electron chi connectivity index (χ3n) is 3.35. The summed E-state index contributed by atoms with van der Waals surface area (Å²) in [7, 11) is 0. The zero-order chi connectivity index (χ0) is 19.5. The molecule has 0 aromatic heterocycles. The molecule has 0 saturated carbocycles. The number of carbonyl (C=O) groups excluding carboxylic acids is 2. The summed E-state index contributed by atoms with van der Waals surface area (Å²) >= 11 is 5.97. The fourth-order valence-corrected chi connectivity index (χ4v) is 2.25. The lowest BCUT2D eigenvalue weighted by atomic mass is 10.2. The molecule has 0 saturated heterocycles. The number of halogens is 1. The van der Waals surface area contributed by atoms with E-state index in [1.807, 2.05) is 6.07 Å². The van der Waals surface area contributed by atoms with Gasteiger partial charge in [0.1, 0.15) is 12.4 Å². The Morgan fingerprint density at radius 1 is 1.11 bits per heavy atom. The summed E-state index contributed by atoms with van der Waals surface area (Å²) in [5.74, 6) is 2.25. The van der Waals surface area contributed by atoms with E-state index in [-0.39, 0.29) is 31.3 Å². The molecule has 2 amide bonds. The van der Waals surface area contributed by atoms with Crippen LogP contribution in [0.1, 0.15) is 18.4 Å². The average molecular weight is 384 g/mol. The molecular weight excluding hydrogens is 366 g/mol. The number of amides is 2. The summed E-state index contributed by atoms with van der Waals surface area (Å²) in [4.78, 5) is 23.7. The molecule has 6 nitrogen and oxygen atoms in total. The second kappa shape index (κ2) is 10.6. The second-order valence-corrected chi connectivity index (χ2v) is 5.76. The number of hydrogen-bond acceptors (Lipinski definition) is 4. The molecule has 7 heteroatoms. The highest BCUT2D eigenvalue weighted by Crippen LogP contribution is 2.20. The Morgan fingerprint density at radius 3 is 2.59 bits per heavy atom. The average Bonchev–Trinajstić information content (AvgIpc) is 2.67. The highest BCUT2D eigenvalue weighted by molar-refractivity contribution is 6.33. The van der Waals surface area contributed by atoms with E-state index in [9.17, 15) is 9.59 Å². The Morgan fingerprint density at radius 2 is 1.81 bits per heavy atom. The molecule has 0 radical (unpaired) electrons. The minimum atomic E-state index is -0.386. The van der Waals surface area contributed by atoms with Crippen molar-refractivity contribution < 1.29 is 14.3 Å². The SMILES string of the molecule is C#CCOc1ccccc1C=NNC(=O)CCC(=O)Nc1ccccc1Cl. The number of rotatable bonds is 8. The van der Waals surface area contributed by atoms with Crippen LogP contribution in [0.4, 0.5) is 5.69 Å². The van der Waals surface area contributed by atoms with Gasteiger partial charge in [0.2, 0.25) is 11.8 Å². The van der Waals surface area contributed by atoms with E-state index in [4.69, 9.17) is 22.8 Å². The van der Waals surface area contributed by atoms with E-state index in [2.05, 4.69) is 21.8 Å². The summed E-state index contributed by atoms with van der Waals surface area (Å²) in [6.45, 7) is 0.137. The van der Waals surface area contributed by atoms with Gasteiger partial charge >= 0.3 is 0 Å². The first kappa shape index (κ1) is 20.0. The standard InChI is InChI=1S/C20H18ClN3O3/c1-2-13-27-18-10-6-3-7-15(18)14-22-24-20(26)12-11-19(25)23-17-9-5-4-8-16(17)21/h1,3-10,14H,11-13H2,(H,23,25)(H,24,26). The predicted octanol–water partition coefficient (Wildman–Crippen LogP) is 3.22. The van der Waals surface area contributed by atoms with E-state index in [0.717, 1.165) is 0 Å². The van der Waals surface area contributed by atoms with Crippen LogP contribution in [-0.2, 0) is 9.59 Å². The lowest BCUT2D eigenvalue weighted by molar-refractivity contribution is -0.124. The Hall–Kier alpha value is -3.30. The molecule has 0 unspecified atom stereocenters. The normalized spacial score (nSPS) is 10.2. The zero-order valence-electron chi connectivity index (χ0n) is 14.4. The van der Waals surface area contributed by atoms with Crippen molar-refractivity contribution in [3.05, 3.63) is 59.1 Å². The molecule has 0 aliphatic heterocycles. The summed E-state index contributed by atoms with van der Waals surface area (Å²) in [6.07, 6.45) is 6.62. The maximum absolute atomic E-state index is 11.9. The first-order valence-corrected chi connectivity index (χ1v) is 8.49. The molecule has 0 aliphatic carbocycles. The quantitative estimate of drug-likeness (QED) is 0.417. The number of anilines is 1. The van der Waals surface area contributed by atoms with Crippen molar-refractivity contribution in [3.8, 4) is 18.1 Å². The molecular formula is C20H18ClN3O3. The predicted molar refractivity (Wildman–Crippen MR) is 106 cm³/mol. The number of hydrazone groups is 1. The number of terminal acetylenes is 1. The highest BCUT2D eigenvalue weighted by Gasteiger charge is 2.08. The highest BCUT2D eigenvalue weighted by atomic mass is 35.5. The summed E-state index contributed by atoms with van der Waals surface area (Å²) in [5, 5.41) is 6.97. The van der Waals surface area contributed by atoms with Crippen LogP contribution < -0.4 is 15.5 Å². The molecule has 2 aromatic carbocycles. The van der Waals surface area contributed by atoms with Crippen molar-refractivity contribution in [2.75, 3.05) is 11.9 Å². The number of carbonyl (C=O) groups is 2. The van der Waals surface area contributed by atoms with Gasteiger partial charge in [-0.1, -0.05) is 41.8 Å². The van der Waals surface area contributed by atoms with Gasteiger partial charge < -0.3 is 10.1 Å². The lowest BCUT2D eigenvalue weighted by Gasteiger charge is -2.07. The first-order valence-electron chi connectivity index (χ1n) is 8.11. The second-order valence-electron chi connectivity index (χ2n) is 5.35. The Labute approximate surface area is 162 Å². The van der Waals surface area contributed by atoms with Gasteiger partial charge in [0, 0.05) is 18.4 Å². The van der Waals surface area contributed by atoms with Gasteiger partial charge in [0.05, 0.1) is 16.9 Å². The molecule has 138 valence electrons. The number of hydrogen-bond donors (Lipinski definition) is 2. The number of para-hydroxylation sites is 2. The van der Waals surface area contributed by atoms with Crippen molar-refractivity contribution in [3.63, 3.8) is 0 Å². The molecule has 2 rings (SSSR count). The molecule has 0 heterocycles. The van der Waals surface area contributed by atoms with Crippen LogP contribution in [0.2, 0.25) is 5.02 Å². The molecule has 27 heavy (non-hydrogen) atoms. The summed E-state index contributed by atoms with van der Waals surface area (Å²) in [5.41, 5.74) is 3.55. The number of nitrogens with one attached hydrogen (secondary N) is 2. The summed E-state index contributed by atoms with van der Waals surface area (Å²) < 4.78 is 5.39. The monoisotopic (exact) mass is 383 g/mol. The van der Waals surface area contributed by atoms with Crippen molar-refractivity contribution in [2.24, 2.45) is 5.10 Å². The first-order chi connectivity index (χ1) is 13.1. The van der Waals surface area contributed by atoms with E-state index in [1.165, 1.54) is 6.21 Å². The largest absolute Gasteiger partial charge is 0.480 e. The summed E-state index contributed by atoms with van der Waals surface area (Å²) in [6, 6.07) is 14.0. The van der Waals surface area contributed by atoms with Crippen molar-refractivity contribution in [1.82, 2.24) is 5.43 Å². The fourth-order valence-electron chi connectivity index (χ4n) is 2.07. The zero-order valence-corrected chi connectivity index (χ0v) is 15.2. The Kier molecular flexibility index (Phi) is 7.89. The van der Waals surface area contributed by atoms with Gasteiger partial charge in [-0.25, -0.2) is 5.43 Å². The molecule has 0 atom stereocenters. The number of ether oxygens (including phenoxy) is 1. The minimum Gasteiger partial charge on any atom is -0.480 e. The van der Waals surface area contributed by atoms with Gasteiger partial charge in [0.15, 0.2) is 0 Å². The van der Waals surface area contributed by atoms with E-state index >= 15 is 0 Å². The molecule has 0 bridgehead atoms.